The van der Waals surface area contributed by atoms with Crippen molar-refractivity contribution in [2.45, 2.75) is 37.5 Å². The molecule has 1 aliphatic rings. The normalized spacial score (nSPS) is 14.4. The van der Waals surface area contributed by atoms with Crippen LogP contribution in [0.4, 0.5) is 11.4 Å². The molecular formula is C21H26N2O5S. The van der Waals surface area contributed by atoms with E-state index < -0.39 is 10.0 Å². The highest BCUT2D eigenvalue weighted by atomic mass is 32.2. The smallest absolute Gasteiger partial charge is 0.265 e. The molecule has 2 aromatic rings. The Labute approximate surface area is 171 Å². The highest BCUT2D eigenvalue weighted by Crippen LogP contribution is 2.31. The van der Waals surface area contributed by atoms with Gasteiger partial charge >= 0.3 is 0 Å². The van der Waals surface area contributed by atoms with Crippen molar-refractivity contribution in [3.05, 3.63) is 42.5 Å². The second-order valence-electron chi connectivity index (χ2n) is 6.90. The summed E-state index contributed by atoms with van der Waals surface area (Å²) in [6.07, 6.45) is 3.83. The monoisotopic (exact) mass is 418 g/mol. The predicted molar refractivity (Wildman–Crippen MR) is 112 cm³/mol. The Kier molecular flexibility index (Phi) is 6.64. The van der Waals surface area contributed by atoms with E-state index >= 15 is 0 Å². The molecule has 29 heavy (non-hydrogen) atoms. The number of anilines is 2. The van der Waals surface area contributed by atoms with Gasteiger partial charge in [-0.1, -0.05) is 12.8 Å². The fraction of sp³-hybridized carbons (Fsp3) is 0.381. The van der Waals surface area contributed by atoms with Gasteiger partial charge in [0.2, 0.25) is 5.91 Å². The van der Waals surface area contributed by atoms with E-state index in [4.69, 9.17) is 9.47 Å². The number of nitrogens with one attached hydrogen (secondary N) is 2. The first-order valence-corrected chi connectivity index (χ1v) is 11.2. The highest BCUT2D eigenvalue weighted by Gasteiger charge is 2.24. The number of ether oxygens (including phenoxy) is 2. The quantitative estimate of drug-likeness (QED) is 0.675. The molecule has 0 unspecified atom stereocenters. The predicted octanol–water partition coefficient (Wildman–Crippen LogP) is 4.02. The molecule has 0 aliphatic heterocycles. The van der Waals surface area contributed by atoms with Crippen molar-refractivity contribution < 1.29 is 22.7 Å². The zero-order valence-corrected chi connectivity index (χ0v) is 17.4. The Morgan fingerprint density at radius 3 is 2.34 bits per heavy atom. The molecule has 0 bridgehead atoms. The van der Waals surface area contributed by atoms with Gasteiger partial charge in [-0.25, -0.2) is 8.42 Å². The maximum atomic E-state index is 13.0. The van der Waals surface area contributed by atoms with E-state index in [0.29, 0.717) is 23.7 Å². The molecule has 2 N–H and O–H groups in total. The Morgan fingerprint density at radius 2 is 1.72 bits per heavy atom. The summed E-state index contributed by atoms with van der Waals surface area (Å²) in [5.74, 6) is 0.765. The van der Waals surface area contributed by atoms with Gasteiger partial charge in [0.25, 0.3) is 10.0 Å². The molecule has 3 rings (SSSR count). The van der Waals surface area contributed by atoms with Gasteiger partial charge in [-0.15, -0.1) is 0 Å². The third-order valence-electron chi connectivity index (χ3n) is 4.86. The van der Waals surface area contributed by atoms with Gasteiger partial charge in [-0.3, -0.25) is 9.52 Å². The zero-order chi connectivity index (χ0) is 20.9. The highest BCUT2D eigenvalue weighted by molar-refractivity contribution is 7.92. The summed E-state index contributed by atoms with van der Waals surface area (Å²) in [7, 11) is -2.52. The maximum absolute atomic E-state index is 13.0. The Bertz CT molecular complexity index is 952. The van der Waals surface area contributed by atoms with Crippen LogP contribution in [0.2, 0.25) is 0 Å². The van der Waals surface area contributed by atoms with Crippen LogP contribution in [0.5, 0.6) is 11.5 Å². The number of amides is 1. The molecule has 0 atom stereocenters. The lowest BCUT2D eigenvalue weighted by Gasteiger charge is -2.15. The van der Waals surface area contributed by atoms with Crippen molar-refractivity contribution in [2.75, 3.05) is 23.8 Å². The van der Waals surface area contributed by atoms with Crippen LogP contribution < -0.4 is 19.5 Å². The summed E-state index contributed by atoms with van der Waals surface area (Å²) >= 11 is 0. The van der Waals surface area contributed by atoms with E-state index in [1.54, 1.807) is 30.3 Å². The lowest BCUT2D eigenvalue weighted by atomic mass is 10.1. The number of hydrogen-bond acceptors (Lipinski definition) is 5. The third-order valence-corrected chi connectivity index (χ3v) is 6.27. The summed E-state index contributed by atoms with van der Waals surface area (Å²) in [6.45, 7) is 2.41. The first-order valence-electron chi connectivity index (χ1n) is 9.67. The molecule has 2 aromatic carbocycles. The molecule has 0 aromatic heterocycles. The number of carbonyl (C=O) groups is 1. The second kappa shape index (κ2) is 9.17. The van der Waals surface area contributed by atoms with E-state index in [2.05, 4.69) is 10.0 Å². The second-order valence-corrected chi connectivity index (χ2v) is 8.55. The molecule has 0 heterocycles. The van der Waals surface area contributed by atoms with E-state index in [1.165, 1.54) is 19.2 Å². The largest absolute Gasteiger partial charge is 0.495 e. The van der Waals surface area contributed by atoms with Crippen LogP contribution in [-0.2, 0) is 14.8 Å². The van der Waals surface area contributed by atoms with Gasteiger partial charge in [0.05, 0.1) is 13.7 Å². The SMILES string of the molecule is CCOc1ccc(NS(=O)(=O)c2cc(NC(=O)C3CCCC3)ccc2OC)cc1. The van der Waals surface area contributed by atoms with Crippen LogP contribution in [0.3, 0.4) is 0 Å². The van der Waals surface area contributed by atoms with E-state index in [1.807, 2.05) is 6.92 Å². The first kappa shape index (κ1) is 21.0. The molecule has 1 fully saturated rings. The van der Waals surface area contributed by atoms with E-state index in [0.717, 1.165) is 25.7 Å². The van der Waals surface area contributed by atoms with Crippen LogP contribution in [0.1, 0.15) is 32.6 Å². The molecule has 0 spiro atoms. The van der Waals surface area contributed by atoms with Crippen molar-refractivity contribution in [1.29, 1.82) is 0 Å². The molecule has 0 saturated heterocycles. The Morgan fingerprint density at radius 1 is 1.07 bits per heavy atom. The van der Waals surface area contributed by atoms with E-state index in [-0.39, 0.29) is 22.5 Å². The fourth-order valence-corrected chi connectivity index (χ4v) is 4.65. The molecule has 156 valence electrons. The van der Waals surface area contributed by atoms with Crippen molar-refractivity contribution in [1.82, 2.24) is 0 Å². The molecule has 8 heteroatoms. The van der Waals surface area contributed by atoms with Crippen LogP contribution in [0.15, 0.2) is 47.4 Å². The van der Waals surface area contributed by atoms with Gasteiger partial charge in [-0.05, 0) is 62.2 Å². The summed E-state index contributed by atoms with van der Waals surface area (Å²) < 4.78 is 39.0. The molecule has 1 aliphatic carbocycles. The van der Waals surface area contributed by atoms with Crippen LogP contribution in [0.25, 0.3) is 0 Å². The summed E-state index contributed by atoms with van der Waals surface area (Å²) in [5, 5.41) is 2.83. The van der Waals surface area contributed by atoms with Crippen molar-refractivity contribution >= 4 is 27.3 Å². The van der Waals surface area contributed by atoms with Crippen molar-refractivity contribution in [3.8, 4) is 11.5 Å². The number of carbonyl (C=O) groups excluding carboxylic acids is 1. The van der Waals surface area contributed by atoms with Crippen LogP contribution >= 0.6 is 0 Å². The molecule has 1 amide bonds. The standard InChI is InChI=1S/C21H26N2O5S/c1-3-28-18-11-8-16(9-12-18)23-29(25,26)20-14-17(10-13-19(20)27-2)22-21(24)15-6-4-5-7-15/h8-15,23H,3-7H2,1-2H3,(H,22,24). The van der Waals surface area contributed by atoms with Gasteiger partial charge < -0.3 is 14.8 Å². The molecule has 0 radical (unpaired) electrons. The summed E-state index contributed by atoms with van der Waals surface area (Å²) in [4.78, 5) is 12.3. The third kappa shape index (κ3) is 5.20. The van der Waals surface area contributed by atoms with Crippen LogP contribution in [0, 0.1) is 5.92 Å². The summed E-state index contributed by atoms with van der Waals surface area (Å²) in [5.41, 5.74) is 0.825. The van der Waals surface area contributed by atoms with Gasteiger partial charge in [-0.2, -0.15) is 0 Å². The maximum Gasteiger partial charge on any atom is 0.265 e. The first-order chi connectivity index (χ1) is 13.9. The Balaban J connectivity index is 1.81. The average molecular weight is 419 g/mol. The molecule has 1 saturated carbocycles. The number of hydrogen-bond donors (Lipinski definition) is 2. The minimum atomic E-state index is -3.93. The molecular weight excluding hydrogens is 392 g/mol. The number of rotatable bonds is 8. The lowest BCUT2D eigenvalue weighted by molar-refractivity contribution is -0.119. The van der Waals surface area contributed by atoms with Crippen LogP contribution in [-0.4, -0.2) is 28.0 Å². The average Bonchev–Trinajstić information content (AvgIpc) is 3.24. The zero-order valence-electron chi connectivity index (χ0n) is 16.6. The fourth-order valence-electron chi connectivity index (χ4n) is 3.39. The lowest BCUT2D eigenvalue weighted by Crippen LogP contribution is -2.21. The van der Waals surface area contributed by atoms with Gasteiger partial charge in [0.15, 0.2) is 0 Å². The van der Waals surface area contributed by atoms with Crippen molar-refractivity contribution in [3.63, 3.8) is 0 Å². The van der Waals surface area contributed by atoms with E-state index in [9.17, 15) is 13.2 Å². The molecule has 7 nitrogen and oxygen atoms in total. The summed E-state index contributed by atoms with van der Waals surface area (Å²) in [6, 6.07) is 11.2. The minimum absolute atomic E-state index is 0.0147. The number of benzene rings is 2. The van der Waals surface area contributed by atoms with Gasteiger partial charge in [0.1, 0.15) is 16.4 Å². The Hall–Kier alpha value is -2.74. The minimum Gasteiger partial charge on any atom is -0.495 e. The van der Waals surface area contributed by atoms with Gasteiger partial charge in [0, 0.05) is 17.3 Å². The topological polar surface area (TPSA) is 93.7 Å². The van der Waals surface area contributed by atoms with Crippen molar-refractivity contribution in [2.24, 2.45) is 5.92 Å². The number of sulfonamides is 1. The number of methoxy groups -OCH3 is 1.